The molecule has 2 aliphatic rings. The molecule has 1 aliphatic carbocycles. The van der Waals surface area contributed by atoms with Gasteiger partial charge in [0.05, 0.1) is 15.4 Å². The lowest BCUT2D eigenvalue weighted by atomic mass is 9.68. The lowest BCUT2D eigenvalue weighted by Crippen LogP contribution is -2.41. The summed E-state index contributed by atoms with van der Waals surface area (Å²) >= 11 is 3.40. The van der Waals surface area contributed by atoms with Gasteiger partial charge in [0.1, 0.15) is 5.82 Å². The summed E-state index contributed by atoms with van der Waals surface area (Å²) in [5, 5.41) is 3.17. The normalized spacial score (nSPS) is 19.0. The Hall–Kier alpha value is -3.49. The van der Waals surface area contributed by atoms with E-state index in [-0.39, 0.29) is 38.2 Å². The van der Waals surface area contributed by atoms with Gasteiger partial charge in [0.25, 0.3) is 0 Å². The van der Waals surface area contributed by atoms with Crippen molar-refractivity contribution in [2.75, 3.05) is 0 Å². The minimum Gasteiger partial charge on any atom is -0.385 e. The highest BCUT2D eigenvalue weighted by Gasteiger charge is 2.43. The number of carbonyl (C=O) groups excluding carboxylic acids is 2. The smallest absolute Gasteiger partial charge is 0.206 e. The molecule has 0 saturated heterocycles. The van der Waals surface area contributed by atoms with E-state index in [0.717, 1.165) is 10.0 Å². The molecule has 6 nitrogen and oxygen atoms in total. The Morgan fingerprint density at radius 1 is 0.923 bits per heavy atom. The number of aryl methyl sites for hydroxylation is 1. The number of hydrogen-bond acceptors (Lipinski definition) is 6. The Labute approximate surface area is 237 Å². The van der Waals surface area contributed by atoms with Gasteiger partial charge in [-0.3, -0.25) is 9.59 Å². The van der Waals surface area contributed by atoms with Crippen LogP contribution in [-0.2, 0) is 14.6 Å². The maximum atomic E-state index is 13.8. The number of hydrogen-bond donors (Lipinski definition) is 2. The number of halogens is 1. The molecule has 200 valence electrons. The SMILES string of the molecule is Cc1ccc(S(=O)(=O)c2ccc(C3C(C(=O)c4ccc(Br)cc4)=C(N)NC4=C3C(=O)CC(C)(C)C4)cc2)cc1. The fourth-order valence-corrected chi connectivity index (χ4v) is 6.87. The van der Waals surface area contributed by atoms with Crippen LogP contribution in [0.3, 0.4) is 0 Å². The third-order valence-corrected chi connectivity index (χ3v) is 9.59. The average molecular weight is 606 g/mol. The molecule has 8 heteroatoms. The summed E-state index contributed by atoms with van der Waals surface area (Å²) in [6.07, 6.45) is 0.939. The van der Waals surface area contributed by atoms with E-state index in [1.54, 1.807) is 60.7 Å². The molecule has 5 rings (SSSR count). The van der Waals surface area contributed by atoms with Crippen molar-refractivity contribution in [3.8, 4) is 0 Å². The average Bonchev–Trinajstić information content (AvgIpc) is 2.87. The molecule has 39 heavy (non-hydrogen) atoms. The van der Waals surface area contributed by atoms with Gasteiger partial charge in [0, 0.05) is 33.6 Å². The molecule has 0 aromatic heterocycles. The predicted octanol–water partition coefficient (Wildman–Crippen LogP) is 5.97. The molecular formula is C31H29BrN2O4S. The number of Topliss-reactive ketones (excluding diaryl/α,β-unsaturated/α-hetero) is 2. The number of nitrogens with one attached hydrogen (secondary N) is 1. The molecule has 1 unspecified atom stereocenters. The van der Waals surface area contributed by atoms with E-state index in [1.807, 2.05) is 20.8 Å². The van der Waals surface area contributed by atoms with Crippen molar-refractivity contribution in [2.45, 2.75) is 49.3 Å². The van der Waals surface area contributed by atoms with Crippen molar-refractivity contribution in [2.24, 2.45) is 11.1 Å². The molecule has 3 N–H and O–H groups in total. The standard InChI is InChI=1S/C31H29BrN2O4S/c1-18-4-12-22(13-5-18)39(37,38)23-14-8-19(9-15-23)26-27-24(16-31(2,3)17-25(27)35)34-30(33)28(26)29(36)20-6-10-21(32)11-7-20/h4-15,26,34H,16-17,33H2,1-3H3. The van der Waals surface area contributed by atoms with E-state index < -0.39 is 15.8 Å². The van der Waals surface area contributed by atoms with Gasteiger partial charge in [-0.05, 0) is 72.9 Å². The van der Waals surface area contributed by atoms with Gasteiger partial charge in [0.15, 0.2) is 11.6 Å². The van der Waals surface area contributed by atoms with Crippen molar-refractivity contribution < 1.29 is 18.0 Å². The van der Waals surface area contributed by atoms with Crippen LogP contribution >= 0.6 is 15.9 Å². The summed E-state index contributed by atoms with van der Waals surface area (Å²) in [7, 11) is -3.74. The quantitative estimate of drug-likeness (QED) is 0.347. The Bertz CT molecular complexity index is 1650. The zero-order chi connectivity index (χ0) is 28.1. The number of nitrogens with two attached hydrogens (primary N) is 1. The number of ketones is 2. The molecule has 1 atom stereocenters. The highest BCUT2D eigenvalue weighted by molar-refractivity contribution is 9.10. The van der Waals surface area contributed by atoms with Gasteiger partial charge in [-0.2, -0.15) is 0 Å². The Balaban J connectivity index is 1.62. The third-order valence-electron chi connectivity index (χ3n) is 7.28. The van der Waals surface area contributed by atoms with Crippen LogP contribution in [0.25, 0.3) is 0 Å². The summed E-state index contributed by atoms with van der Waals surface area (Å²) in [6.45, 7) is 5.95. The molecule has 1 aliphatic heterocycles. The topological polar surface area (TPSA) is 106 Å². The number of carbonyl (C=O) groups is 2. The second-order valence-corrected chi connectivity index (χ2v) is 13.8. The number of benzene rings is 3. The first kappa shape index (κ1) is 27.1. The van der Waals surface area contributed by atoms with Crippen molar-refractivity contribution in [1.29, 1.82) is 0 Å². The van der Waals surface area contributed by atoms with Crippen LogP contribution in [-0.4, -0.2) is 20.0 Å². The van der Waals surface area contributed by atoms with E-state index in [1.165, 1.54) is 12.1 Å². The number of dihydropyridines is 1. The molecule has 3 aromatic carbocycles. The number of sulfone groups is 1. The van der Waals surface area contributed by atoms with Crippen molar-refractivity contribution in [3.63, 3.8) is 0 Å². The molecule has 0 amide bonds. The minimum absolute atomic E-state index is 0.0521. The van der Waals surface area contributed by atoms with Crippen LogP contribution in [0.1, 0.15) is 54.1 Å². The van der Waals surface area contributed by atoms with Gasteiger partial charge in [-0.25, -0.2) is 8.42 Å². The summed E-state index contributed by atoms with van der Waals surface area (Å²) < 4.78 is 27.4. The van der Waals surface area contributed by atoms with Gasteiger partial charge in [-0.1, -0.05) is 59.6 Å². The Morgan fingerprint density at radius 3 is 2.08 bits per heavy atom. The van der Waals surface area contributed by atoms with Crippen molar-refractivity contribution in [3.05, 3.63) is 117 Å². The Morgan fingerprint density at radius 2 is 1.49 bits per heavy atom. The molecule has 0 saturated carbocycles. The van der Waals surface area contributed by atoms with E-state index in [0.29, 0.717) is 35.2 Å². The number of allylic oxidation sites excluding steroid dienone is 3. The van der Waals surface area contributed by atoms with E-state index in [9.17, 15) is 18.0 Å². The maximum absolute atomic E-state index is 13.8. The summed E-state index contributed by atoms with van der Waals surface area (Å²) in [6, 6.07) is 20.1. The minimum atomic E-state index is -3.74. The Kier molecular flexibility index (Phi) is 6.89. The molecule has 0 radical (unpaired) electrons. The third kappa shape index (κ3) is 5.11. The van der Waals surface area contributed by atoms with Gasteiger partial charge in [-0.15, -0.1) is 0 Å². The van der Waals surface area contributed by atoms with E-state index in [4.69, 9.17) is 5.73 Å². The fourth-order valence-electron chi connectivity index (χ4n) is 5.35. The first-order valence-corrected chi connectivity index (χ1v) is 14.9. The van der Waals surface area contributed by atoms with Crippen LogP contribution in [0.4, 0.5) is 0 Å². The van der Waals surface area contributed by atoms with Crippen molar-refractivity contribution in [1.82, 2.24) is 5.32 Å². The predicted molar refractivity (Wildman–Crippen MR) is 154 cm³/mol. The van der Waals surface area contributed by atoms with Crippen molar-refractivity contribution >= 4 is 37.3 Å². The van der Waals surface area contributed by atoms with E-state index in [2.05, 4.69) is 21.2 Å². The van der Waals surface area contributed by atoms with Gasteiger partial charge < -0.3 is 11.1 Å². The van der Waals surface area contributed by atoms with Gasteiger partial charge >= 0.3 is 0 Å². The summed E-state index contributed by atoms with van der Waals surface area (Å²) in [5.41, 5.74) is 9.77. The van der Waals surface area contributed by atoms with Crippen LogP contribution in [0, 0.1) is 12.3 Å². The van der Waals surface area contributed by atoms with Gasteiger partial charge in [0.2, 0.25) is 9.84 Å². The summed E-state index contributed by atoms with van der Waals surface area (Å²) in [4.78, 5) is 27.7. The lowest BCUT2D eigenvalue weighted by Gasteiger charge is -2.39. The molecular weight excluding hydrogens is 576 g/mol. The highest BCUT2D eigenvalue weighted by Crippen LogP contribution is 2.47. The zero-order valence-electron chi connectivity index (χ0n) is 21.9. The van der Waals surface area contributed by atoms with Crippen LogP contribution < -0.4 is 11.1 Å². The second-order valence-electron chi connectivity index (χ2n) is 10.9. The molecule has 0 spiro atoms. The largest absolute Gasteiger partial charge is 0.385 e. The van der Waals surface area contributed by atoms with Crippen LogP contribution in [0.15, 0.2) is 110 Å². The van der Waals surface area contributed by atoms with E-state index >= 15 is 0 Å². The second kappa shape index (κ2) is 9.92. The fraction of sp³-hybridized carbons (Fsp3) is 0.226. The van der Waals surface area contributed by atoms with Crippen LogP contribution in [0.2, 0.25) is 0 Å². The first-order chi connectivity index (χ1) is 18.4. The molecule has 0 bridgehead atoms. The lowest BCUT2D eigenvalue weighted by molar-refractivity contribution is -0.118. The molecule has 3 aromatic rings. The monoisotopic (exact) mass is 604 g/mol. The molecule has 1 heterocycles. The zero-order valence-corrected chi connectivity index (χ0v) is 24.3. The first-order valence-electron chi connectivity index (χ1n) is 12.6. The molecule has 0 fully saturated rings. The van der Waals surface area contributed by atoms with Crippen LogP contribution in [0.5, 0.6) is 0 Å². The number of rotatable bonds is 5. The summed E-state index contributed by atoms with van der Waals surface area (Å²) in [5.74, 6) is -0.868. The maximum Gasteiger partial charge on any atom is 0.206 e. The highest BCUT2D eigenvalue weighted by atomic mass is 79.9.